The predicted molar refractivity (Wildman–Crippen MR) is 75.5 cm³/mol. The van der Waals surface area contributed by atoms with Crippen LogP contribution in [0, 0.1) is 6.92 Å². The Morgan fingerprint density at radius 2 is 2.24 bits per heavy atom. The van der Waals surface area contributed by atoms with Gasteiger partial charge in [0.1, 0.15) is 5.82 Å². The Morgan fingerprint density at radius 3 is 2.76 bits per heavy atom. The first-order chi connectivity index (χ1) is 8.06. The zero-order chi connectivity index (χ0) is 12.4. The lowest BCUT2D eigenvalue weighted by molar-refractivity contribution is 0.811. The molecule has 0 unspecified atom stereocenters. The molecule has 0 amide bonds. The molecular weight excluding hydrogens is 318 g/mol. The van der Waals surface area contributed by atoms with Gasteiger partial charge in [0.15, 0.2) is 4.34 Å². The first-order valence-corrected chi connectivity index (χ1v) is 7.48. The van der Waals surface area contributed by atoms with E-state index in [1.807, 2.05) is 19.9 Å². The van der Waals surface area contributed by atoms with Crippen LogP contribution < -0.4 is 5.73 Å². The average molecular weight is 330 g/mol. The topological polar surface area (TPSA) is 51.8 Å². The third-order valence-corrected chi connectivity index (χ3v) is 4.70. The molecule has 0 fully saturated rings. The molecular formula is C11H12BrN3S2. The zero-order valence-corrected chi connectivity index (χ0v) is 12.7. The highest BCUT2D eigenvalue weighted by atomic mass is 79.9. The van der Waals surface area contributed by atoms with E-state index >= 15 is 0 Å². The first-order valence-electron chi connectivity index (χ1n) is 5.09. The van der Waals surface area contributed by atoms with Gasteiger partial charge in [-0.3, -0.25) is 0 Å². The summed E-state index contributed by atoms with van der Waals surface area (Å²) in [7, 11) is 0. The fourth-order valence-electron chi connectivity index (χ4n) is 1.36. The van der Waals surface area contributed by atoms with Crippen molar-refractivity contribution < 1.29 is 0 Å². The number of nitrogens with two attached hydrogens (primary N) is 1. The summed E-state index contributed by atoms with van der Waals surface area (Å²) in [5, 5.41) is 0. The lowest BCUT2D eigenvalue weighted by Gasteiger charge is -2.09. The lowest BCUT2D eigenvalue weighted by Crippen LogP contribution is -2.05. The van der Waals surface area contributed by atoms with Crippen LogP contribution in [-0.2, 0) is 0 Å². The van der Waals surface area contributed by atoms with Crippen molar-refractivity contribution in [1.82, 2.24) is 9.36 Å². The fraction of sp³-hybridized carbons (Fsp3) is 0.273. The van der Waals surface area contributed by atoms with Crippen molar-refractivity contribution in [3.63, 3.8) is 0 Å². The van der Waals surface area contributed by atoms with Crippen molar-refractivity contribution in [2.24, 2.45) is 5.73 Å². The lowest BCUT2D eigenvalue weighted by atomic mass is 10.1. The van der Waals surface area contributed by atoms with Gasteiger partial charge < -0.3 is 5.73 Å². The molecule has 0 aliphatic rings. The van der Waals surface area contributed by atoms with E-state index in [1.54, 1.807) is 11.8 Å². The molecule has 2 rings (SSSR count). The highest BCUT2D eigenvalue weighted by Gasteiger charge is 2.08. The van der Waals surface area contributed by atoms with Gasteiger partial charge in [-0.2, -0.15) is 4.37 Å². The number of nitrogens with zero attached hydrogens (tertiary/aromatic N) is 2. The number of rotatable bonds is 3. The molecule has 2 N–H and O–H groups in total. The molecule has 0 radical (unpaired) electrons. The summed E-state index contributed by atoms with van der Waals surface area (Å²) in [6.45, 7) is 3.87. The van der Waals surface area contributed by atoms with Crippen molar-refractivity contribution in [1.29, 1.82) is 0 Å². The minimum atomic E-state index is 0.0344. The molecule has 0 saturated heterocycles. The SMILES string of the molecule is Cc1nsc(Sc2ccc([C@H](C)N)c(Br)c2)n1. The molecule has 1 heterocycles. The number of aromatic nitrogens is 2. The Bertz CT molecular complexity index is 525. The monoisotopic (exact) mass is 329 g/mol. The quantitative estimate of drug-likeness (QED) is 0.930. The molecule has 0 aliphatic carbocycles. The number of hydrogen-bond acceptors (Lipinski definition) is 5. The van der Waals surface area contributed by atoms with E-state index in [4.69, 9.17) is 5.73 Å². The van der Waals surface area contributed by atoms with Crippen LogP contribution in [0.25, 0.3) is 0 Å². The van der Waals surface area contributed by atoms with Gasteiger partial charge >= 0.3 is 0 Å². The van der Waals surface area contributed by atoms with Crippen LogP contribution in [0.15, 0.2) is 31.9 Å². The summed E-state index contributed by atoms with van der Waals surface area (Å²) in [6.07, 6.45) is 0. The van der Waals surface area contributed by atoms with Gasteiger partial charge in [-0.25, -0.2) is 4.98 Å². The average Bonchev–Trinajstić information content (AvgIpc) is 2.63. The number of hydrogen-bond donors (Lipinski definition) is 1. The van der Waals surface area contributed by atoms with Gasteiger partial charge in [0.2, 0.25) is 0 Å². The highest BCUT2D eigenvalue weighted by Crippen LogP contribution is 2.33. The smallest absolute Gasteiger partial charge is 0.174 e. The van der Waals surface area contributed by atoms with Crippen molar-refractivity contribution in [3.05, 3.63) is 34.1 Å². The van der Waals surface area contributed by atoms with E-state index in [0.717, 1.165) is 25.1 Å². The number of halogens is 1. The summed E-state index contributed by atoms with van der Waals surface area (Å²) in [4.78, 5) is 5.46. The summed E-state index contributed by atoms with van der Waals surface area (Å²) < 4.78 is 6.16. The molecule has 1 aromatic carbocycles. The van der Waals surface area contributed by atoms with E-state index in [9.17, 15) is 0 Å². The molecule has 6 heteroatoms. The van der Waals surface area contributed by atoms with E-state index < -0.39 is 0 Å². The van der Waals surface area contributed by atoms with Gasteiger partial charge in [0.05, 0.1) is 0 Å². The maximum absolute atomic E-state index is 5.86. The second-order valence-electron chi connectivity index (χ2n) is 3.68. The molecule has 17 heavy (non-hydrogen) atoms. The Balaban J connectivity index is 2.20. The number of benzene rings is 1. The van der Waals surface area contributed by atoms with Crippen LogP contribution >= 0.6 is 39.2 Å². The van der Waals surface area contributed by atoms with Crippen LogP contribution in [0.1, 0.15) is 24.4 Å². The second-order valence-corrected chi connectivity index (χ2v) is 6.61. The third kappa shape index (κ3) is 3.28. The number of aryl methyl sites for hydroxylation is 1. The molecule has 0 bridgehead atoms. The fourth-order valence-corrected chi connectivity index (χ4v) is 3.92. The van der Waals surface area contributed by atoms with Crippen molar-refractivity contribution >= 4 is 39.2 Å². The van der Waals surface area contributed by atoms with E-state index in [-0.39, 0.29) is 6.04 Å². The van der Waals surface area contributed by atoms with Crippen LogP contribution in [0.5, 0.6) is 0 Å². The van der Waals surface area contributed by atoms with Crippen LogP contribution in [-0.4, -0.2) is 9.36 Å². The largest absolute Gasteiger partial charge is 0.324 e. The zero-order valence-electron chi connectivity index (χ0n) is 9.48. The summed E-state index contributed by atoms with van der Waals surface area (Å²) >= 11 is 6.58. The maximum Gasteiger partial charge on any atom is 0.174 e. The molecule has 0 spiro atoms. The maximum atomic E-state index is 5.86. The van der Waals surface area contributed by atoms with Crippen LogP contribution in [0.2, 0.25) is 0 Å². The second kappa shape index (κ2) is 5.48. The minimum Gasteiger partial charge on any atom is -0.324 e. The minimum absolute atomic E-state index is 0.0344. The Labute approximate surface area is 117 Å². The molecule has 1 aromatic heterocycles. The van der Waals surface area contributed by atoms with Gasteiger partial charge in [-0.1, -0.05) is 33.8 Å². The van der Waals surface area contributed by atoms with E-state index in [0.29, 0.717) is 0 Å². The van der Waals surface area contributed by atoms with Crippen molar-refractivity contribution in [3.8, 4) is 0 Å². The van der Waals surface area contributed by atoms with Gasteiger partial charge in [0, 0.05) is 15.4 Å². The molecule has 1 atom stereocenters. The van der Waals surface area contributed by atoms with Gasteiger partial charge in [0.25, 0.3) is 0 Å². The molecule has 2 aromatic rings. The van der Waals surface area contributed by atoms with Gasteiger partial charge in [-0.05, 0) is 43.1 Å². The van der Waals surface area contributed by atoms with Crippen molar-refractivity contribution in [2.45, 2.75) is 29.1 Å². The van der Waals surface area contributed by atoms with E-state index in [1.165, 1.54) is 11.5 Å². The Kier molecular flexibility index (Phi) is 4.19. The molecule has 0 saturated carbocycles. The molecule has 90 valence electrons. The van der Waals surface area contributed by atoms with Crippen LogP contribution in [0.4, 0.5) is 0 Å². The summed E-state index contributed by atoms with van der Waals surface area (Å²) in [5.74, 6) is 0.823. The summed E-state index contributed by atoms with van der Waals surface area (Å²) in [5.41, 5.74) is 6.98. The van der Waals surface area contributed by atoms with Crippen LogP contribution in [0.3, 0.4) is 0 Å². The standard InChI is InChI=1S/C11H12BrN3S2/c1-6(13)9-4-3-8(5-10(9)12)16-11-14-7(2)15-17-11/h3-6H,13H2,1-2H3/t6-/m0/s1. The predicted octanol–water partition coefficient (Wildman–Crippen LogP) is 3.78. The Morgan fingerprint density at radius 1 is 1.47 bits per heavy atom. The van der Waals surface area contributed by atoms with Crippen molar-refractivity contribution in [2.75, 3.05) is 0 Å². The first kappa shape index (κ1) is 13.0. The van der Waals surface area contributed by atoms with E-state index in [2.05, 4.69) is 37.4 Å². The molecule has 0 aliphatic heterocycles. The van der Waals surface area contributed by atoms with Gasteiger partial charge in [-0.15, -0.1) is 0 Å². The third-order valence-electron chi connectivity index (χ3n) is 2.18. The highest BCUT2D eigenvalue weighted by molar-refractivity contribution is 9.10. The molecule has 3 nitrogen and oxygen atoms in total. The summed E-state index contributed by atoms with van der Waals surface area (Å²) in [6, 6.07) is 6.21. The Hall–Kier alpha value is -0.430. The normalized spacial score (nSPS) is 12.7.